The van der Waals surface area contributed by atoms with Crippen LogP contribution in [0.2, 0.25) is 0 Å². The lowest BCUT2D eigenvalue weighted by molar-refractivity contribution is -0.149. The van der Waals surface area contributed by atoms with E-state index in [9.17, 15) is 14.4 Å². The number of esters is 1. The molecule has 0 saturated heterocycles. The fraction of sp³-hybridized carbons (Fsp3) is 0.903. The Hall–Kier alpha value is -1.99. The van der Waals surface area contributed by atoms with Gasteiger partial charge in [0.15, 0.2) is 6.10 Å². The van der Waals surface area contributed by atoms with Crippen molar-refractivity contribution in [2.24, 2.45) is 0 Å². The van der Waals surface area contributed by atoms with Crippen LogP contribution in [0.4, 0.5) is 9.59 Å². The highest BCUT2D eigenvalue weighted by Crippen LogP contribution is 2.15. The Balaban J connectivity index is 4.06. The van der Waals surface area contributed by atoms with Crippen LogP contribution in [0.25, 0.3) is 0 Å². The maximum Gasteiger partial charge on any atom is 0.509 e. The summed E-state index contributed by atoms with van der Waals surface area (Å²) in [5.74, 6) is -0.375. The van der Waals surface area contributed by atoms with Gasteiger partial charge in [-0.25, -0.2) is 9.59 Å². The van der Waals surface area contributed by atoms with Gasteiger partial charge in [0, 0.05) is 6.42 Å². The summed E-state index contributed by atoms with van der Waals surface area (Å²) in [6.45, 7) is 12.0. The van der Waals surface area contributed by atoms with E-state index in [1.807, 2.05) is 0 Å². The molecule has 1 atom stereocenters. The van der Waals surface area contributed by atoms with Crippen molar-refractivity contribution < 1.29 is 38.1 Å². The van der Waals surface area contributed by atoms with E-state index in [2.05, 4.69) is 6.92 Å². The van der Waals surface area contributed by atoms with Crippen LogP contribution in [0.1, 0.15) is 151 Å². The average molecular weight is 559 g/mol. The summed E-state index contributed by atoms with van der Waals surface area (Å²) in [7, 11) is 0. The van der Waals surface area contributed by atoms with Crippen molar-refractivity contribution in [1.82, 2.24) is 0 Å². The van der Waals surface area contributed by atoms with E-state index < -0.39 is 29.6 Å². The maximum absolute atomic E-state index is 12.2. The van der Waals surface area contributed by atoms with E-state index in [-0.39, 0.29) is 19.2 Å². The molecule has 0 spiro atoms. The van der Waals surface area contributed by atoms with Gasteiger partial charge in [0.1, 0.15) is 24.4 Å². The largest absolute Gasteiger partial charge is 0.509 e. The zero-order valence-corrected chi connectivity index (χ0v) is 26.1. The first-order valence-corrected chi connectivity index (χ1v) is 15.2. The molecular formula is C31H58O8. The molecular weight excluding hydrogens is 500 g/mol. The summed E-state index contributed by atoms with van der Waals surface area (Å²) in [6.07, 6.45) is 16.3. The average Bonchev–Trinajstić information content (AvgIpc) is 2.81. The Morgan fingerprint density at radius 2 is 0.923 bits per heavy atom. The smallest absolute Gasteiger partial charge is 0.462 e. The first kappa shape index (κ1) is 37.0. The Bertz CT molecular complexity index is 648. The van der Waals surface area contributed by atoms with E-state index in [0.29, 0.717) is 6.42 Å². The van der Waals surface area contributed by atoms with Crippen molar-refractivity contribution in [3.8, 4) is 0 Å². The second kappa shape index (κ2) is 21.8. The quantitative estimate of drug-likeness (QED) is 0.0781. The standard InChI is InChI=1S/C31H58O8/c1-8-9-10-11-12-13-14-15-16-17-18-19-20-21-22-23-27(32)35-24-26(37-29(34)39-31(5,6)7)25-36-28(33)38-30(2,3)4/h26H,8-25H2,1-7H3. The Morgan fingerprint density at radius 3 is 1.36 bits per heavy atom. The van der Waals surface area contributed by atoms with Crippen LogP contribution in [0, 0.1) is 0 Å². The molecule has 0 aliphatic heterocycles. The van der Waals surface area contributed by atoms with Gasteiger partial charge in [-0.2, -0.15) is 0 Å². The lowest BCUT2D eigenvalue weighted by Gasteiger charge is -2.23. The van der Waals surface area contributed by atoms with Crippen molar-refractivity contribution in [3.63, 3.8) is 0 Å². The van der Waals surface area contributed by atoms with Gasteiger partial charge in [0.25, 0.3) is 0 Å². The highest BCUT2D eigenvalue weighted by molar-refractivity contribution is 5.69. The van der Waals surface area contributed by atoms with Crippen molar-refractivity contribution in [1.29, 1.82) is 0 Å². The van der Waals surface area contributed by atoms with E-state index in [4.69, 9.17) is 23.7 Å². The predicted molar refractivity (Wildman–Crippen MR) is 154 cm³/mol. The van der Waals surface area contributed by atoms with E-state index >= 15 is 0 Å². The molecule has 0 saturated carbocycles. The molecule has 0 amide bonds. The van der Waals surface area contributed by atoms with Crippen LogP contribution in [0.3, 0.4) is 0 Å². The molecule has 39 heavy (non-hydrogen) atoms. The lowest BCUT2D eigenvalue weighted by atomic mass is 10.0. The Morgan fingerprint density at radius 1 is 0.538 bits per heavy atom. The summed E-state index contributed by atoms with van der Waals surface area (Å²) in [5.41, 5.74) is -1.48. The minimum atomic E-state index is -1.00. The van der Waals surface area contributed by atoms with Crippen molar-refractivity contribution >= 4 is 18.3 Å². The molecule has 0 rings (SSSR count). The first-order chi connectivity index (χ1) is 18.3. The topological polar surface area (TPSA) is 97.4 Å². The van der Waals surface area contributed by atoms with E-state index in [1.165, 1.54) is 77.0 Å². The predicted octanol–water partition coefficient (Wildman–Crippen LogP) is 9.06. The van der Waals surface area contributed by atoms with E-state index in [1.54, 1.807) is 41.5 Å². The molecule has 0 fully saturated rings. The van der Waals surface area contributed by atoms with Crippen LogP contribution in [-0.4, -0.2) is 48.8 Å². The van der Waals surface area contributed by atoms with Crippen LogP contribution < -0.4 is 0 Å². The van der Waals surface area contributed by atoms with Gasteiger partial charge in [-0.1, -0.05) is 96.8 Å². The Labute approximate surface area is 238 Å². The van der Waals surface area contributed by atoms with Gasteiger partial charge >= 0.3 is 18.3 Å². The third kappa shape index (κ3) is 27.4. The normalized spacial score (nSPS) is 12.5. The molecule has 230 valence electrons. The molecule has 1 unspecified atom stereocenters. The molecule has 0 N–H and O–H groups in total. The molecule has 0 bridgehead atoms. The van der Waals surface area contributed by atoms with E-state index in [0.717, 1.165) is 19.3 Å². The second-order valence-electron chi connectivity index (χ2n) is 12.4. The number of hydrogen-bond acceptors (Lipinski definition) is 8. The van der Waals surface area contributed by atoms with Crippen molar-refractivity contribution in [3.05, 3.63) is 0 Å². The van der Waals surface area contributed by atoms with Crippen LogP contribution >= 0.6 is 0 Å². The fourth-order valence-corrected chi connectivity index (χ4v) is 3.87. The molecule has 0 radical (unpaired) electrons. The zero-order chi connectivity index (χ0) is 29.6. The SMILES string of the molecule is CCCCCCCCCCCCCCCCCC(=O)OCC(COC(=O)OC(C)(C)C)OC(=O)OC(C)(C)C. The summed E-state index contributed by atoms with van der Waals surface area (Å²) >= 11 is 0. The van der Waals surface area contributed by atoms with Crippen molar-refractivity contribution in [2.75, 3.05) is 13.2 Å². The first-order valence-electron chi connectivity index (χ1n) is 15.2. The molecule has 0 heterocycles. The molecule has 0 aliphatic rings. The van der Waals surface area contributed by atoms with Gasteiger partial charge in [-0.15, -0.1) is 0 Å². The highest BCUT2D eigenvalue weighted by Gasteiger charge is 2.25. The minimum Gasteiger partial charge on any atom is -0.462 e. The van der Waals surface area contributed by atoms with Gasteiger partial charge in [-0.05, 0) is 48.0 Å². The van der Waals surface area contributed by atoms with Gasteiger partial charge in [0.2, 0.25) is 0 Å². The number of carbonyl (C=O) groups excluding carboxylic acids is 3. The zero-order valence-electron chi connectivity index (χ0n) is 26.1. The van der Waals surface area contributed by atoms with Gasteiger partial charge in [0.05, 0.1) is 0 Å². The number of unbranched alkanes of at least 4 members (excludes halogenated alkanes) is 14. The molecule has 0 aliphatic carbocycles. The number of hydrogen-bond donors (Lipinski definition) is 0. The maximum atomic E-state index is 12.2. The summed E-state index contributed by atoms with van der Waals surface area (Å²) in [4.78, 5) is 36.1. The second-order valence-corrected chi connectivity index (χ2v) is 12.4. The number of carbonyl (C=O) groups is 3. The molecule has 0 aromatic heterocycles. The summed E-state index contributed by atoms with van der Waals surface area (Å²) in [5, 5.41) is 0. The van der Waals surface area contributed by atoms with Crippen LogP contribution in [-0.2, 0) is 28.5 Å². The minimum absolute atomic E-state index is 0.236. The van der Waals surface area contributed by atoms with Crippen LogP contribution in [0.15, 0.2) is 0 Å². The van der Waals surface area contributed by atoms with Crippen LogP contribution in [0.5, 0.6) is 0 Å². The molecule has 8 nitrogen and oxygen atoms in total. The van der Waals surface area contributed by atoms with Gasteiger partial charge < -0.3 is 23.7 Å². The molecule has 0 aromatic rings. The Kier molecular flexibility index (Phi) is 20.7. The summed E-state index contributed by atoms with van der Waals surface area (Å²) < 4.78 is 25.8. The highest BCUT2D eigenvalue weighted by atomic mass is 16.8. The molecule has 0 aromatic carbocycles. The molecule has 8 heteroatoms. The third-order valence-electron chi connectivity index (χ3n) is 5.84. The third-order valence-corrected chi connectivity index (χ3v) is 5.84. The summed E-state index contributed by atoms with van der Waals surface area (Å²) in [6, 6.07) is 0. The number of ether oxygens (including phenoxy) is 5. The van der Waals surface area contributed by atoms with Gasteiger partial charge in [-0.3, -0.25) is 4.79 Å². The number of rotatable bonds is 21. The monoisotopic (exact) mass is 558 g/mol. The fourth-order valence-electron chi connectivity index (χ4n) is 3.87. The van der Waals surface area contributed by atoms with Crippen molar-refractivity contribution in [2.45, 2.75) is 169 Å². The lowest BCUT2D eigenvalue weighted by Crippen LogP contribution is -2.34.